The fourth-order valence-electron chi connectivity index (χ4n) is 2.56. The first kappa shape index (κ1) is 16.7. The third kappa shape index (κ3) is 2.30. The normalized spacial score (nSPS) is 14.7. The molecule has 0 saturated carbocycles. The molecule has 0 bridgehead atoms. The number of ketones is 3. The summed E-state index contributed by atoms with van der Waals surface area (Å²) in [6.07, 6.45) is 0. The van der Waals surface area contributed by atoms with Crippen molar-refractivity contribution < 1.29 is 29.0 Å². The molecule has 0 atom stereocenters. The van der Waals surface area contributed by atoms with Crippen LogP contribution in [0, 0.1) is 5.41 Å². The molecule has 0 fully saturated rings. The van der Waals surface area contributed by atoms with E-state index in [1.54, 1.807) is 13.8 Å². The Hall–Kier alpha value is -2.63. The van der Waals surface area contributed by atoms with Crippen molar-refractivity contribution in [3.8, 4) is 11.5 Å². The van der Waals surface area contributed by atoms with Crippen molar-refractivity contribution in [3.63, 3.8) is 0 Å². The number of Topliss-reactive ketones (excluding diaryl/α,β-unsaturated/α-hetero) is 3. The fraction of sp³-hybridized carbons (Fsp3) is 0.353. The van der Waals surface area contributed by atoms with Crippen LogP contribution >= 0.6 is 0 Å². The lowest BCUT2D eigenvalue weighted by Crippen LogP contribution is -2.35. The number of allylic oxidation sites excluding steroid dienone is 2. The van der Waals surface area contributed by atoms with Gasteiger partial charge in [-0.15, -0.1) is 0 Å². The van der Waals surface area contributed by atoms with Crippen LogP contribution in [0.2, 0.25) is 0 Å². The zero-order valence-electron chi connectivity index (χ0n) is 13.6. The van der Waals surface area contributed by atoms with Gasteiger partial charge in [-0.05, 0) is 32.9 Å². The molecule has 1 aromatic carbocycles. The lowest BCUT2D eigenvalue weighted by molar-refractivity contribution is -0.123. The minimum Gasteiger partial charge on any atom is -0.504 e. The number of methoxy groups -OCH3 is 2. The Morgan fingerprint density at radius 1 is 1.09 bits per heavy atom. The van der Waals surface area contributed by atoms with E-state index in [4.69, 9.17) is 9.47 Å². The fourth-order valence-corrected chi connectivity index (χ4v) is 2.56. The van der Waals surface area contributed by atoms with E-state index in [0.29, 0.717) is 0 Å². The number of hydrogen-bond acceptors (Lipinski definition) is 6. The molecule has 0 saturated heterocycles. The molecule has 0 amide bonds. The van der Waals surface area contributed by atoms with E-state index in [0.717, 1.165) is 0 Å². The van der Waals surface area contributed by atoms with Crippen LogP contribution < -0.4 is 4.74 Å². The summed E-state index contributed by atoms with van der Waals surface area (Å²) in [6, 6.07) is 2.80. The van der Waals surface area contributed by atoms with Crippen LogP contribution in [0.4, 0.5) is 0 Å². The van der Waals surface area contributed by atoms with Crippen LogP contribution in [0.5, 0.6) is 11.5 Å². The Bertz CT molecular complexity index is 755. The molecular formula is C17H18O6. The van der Waals surface area contributed by atoms with Gasteiger partial charge in [-0.25, -0.2) is 0 Å². The van der Waals surface area contributed by atoms with Crippen molar-refractivity contribution in [2.24, 2.45) is 5.41 Å². The molecule has 6 nitrogen and oxygen atoms in total. The molecule has 2 rings (SSSR count). The largest absolute Gasteiger partial charge is 0.504 e. The smallest absolute Gasteiger partial charge is 0.232 e. The van der Waals surface area contributed by atoms with Gasteiger partial charge >= 0.3 is 0 Å². The van der Waals surface area contributed by atoms with E-state index < -0.39 is 22.7 Å². The number of benzene rings is 1. The molecule has 0 unspecified atom stereocenters. The highest BCUT2D eigenvalue weighted by molar-refractivity contribution is 6.29. The molecule has 0 aromatic heterocycles. The van der Waals surface area contributed by atoms with Gasteiger partial charge in [-0.3, -0.25) is 14.4 Å². The molecule has 6 heteroatoms. The Kier molecular flexibility index (Phi) is 4.03. The zero-order valence-corrected chi connectivity index (χ0v) is 13.6. The van der Waals surface area contributed by atoms with Crippen molar-refractivity contribution in [3.05, 3.63) is 34.6 Å². The van der Waals surface area contributed by atoms with E-state index in [1.165, 1.54) is 33.3 Å². The van der Waals surface area contributed by atoms with Crippen LogP contribution in [0.3, 0.4) is 0 Å². The maximum atomic E-state index is 12.8. The highest BCUT2D eigenvalue weighted by atomic mass is 16.5. The Morgan fingerprint density at radius 3 is 2.17 bits per heavy atom. The average molecular weight is 318 g/mol. The first-order chi connectivity index (χ1) is 10.7. The summed E-state index contributed by atoms with van der Waals surface area (Å²) in [4.78, 5) is 37.5. The molecule has 1 N–H and O–H groups in total. The van der Waals surface area contributed by atoms with Crippen LogP contribution in [-0.4, -0.2) is 36.7 Å². The molecule has 122 valence electrons. The van der Waals surface area contributed by atoms with E-state index in [2.05, 4.69) is 0 Å². The van der Waals surface area contributed by atoms with Crippen LogP contribution in [-0.2, 0) is 9.53 Å². The standard InChI is InChI=1S/C17H18O6/c1-8(18)17(2,3)12-13(19)9-6-7-10(22-4)14(20)11(9)15(21)16(12)23-5/h6-7,20H,1-5H3. The maximum Gasteiger partial charge on any atom is 0.232 e. The summed E-state index contributed by atoms with van der Waals surface area (Å²) in [5.41, 5.74) is -1.34. The number of aromatic hydroxyl groups is 1. The van der Waals surface area contributed by atoms with E-state index >= 15 is 0 Å². The van der Waals surface area contributed by atoms with Gasteiger partial charge in [-0.1, -0.05) is 0 Å². The van der Waals surface area contributed by atoms with Gasteiger partial charge in [0.25, 0.3) is 0 Å². The molecule has 1 aliphatic rings. The Balaban J connectivity index is 2.81. The van der Waals surface area contributed by atoms with Crippen molar-refractivity contribution in [1.82, 2.24) is 0 Å². The summed E-state index contributed by atoms with van der Waals surface area (Å²) in [7, 11) is 2.59. The number of ether oxygens (including phenoxy) is 2. The minimum absolute atomic E-state index is 0.00503. The summed E-state index contributed by atoms with van der Waals surface area (Å²) >= 11 is 0. The third-order valence-electron chi connectivity index (χ3n) is 4.20. The third-order valence-corrected chi connectivity index (χ3v) is 4.20. The number of hydrogen-bond donors (Lipinski definition) is 1. The maximum absolute atomic E-state index is 12.8. The lowest BCUT2D eigenvalue weighted by atomic mass is 9.72. The second-order valence-electron chi connectivity index (χ2n) is 5.79. The molecule has 0 spiro atoms. The molecule has 23 heavy (non-hydrogen) atoms. The SMILES string of the molecule is COC1=C(C(C)(C)C(C)=O)C(=O)c2ccc(OC)c(O)c2C1=O. The van der Waals surface area contributed by atoms with Crippen LogP contribution in [0.1, 0.15) is 41.5 Å². The molecular weight excluding hydrogens is 300 g/mol. The molecule has 0 aliphatic heterocycles. The van der Waals surface area contributed by atoms with Crippen LogP contribution in [0.15, 0.2) is 23.5 Å². The van der Waals surface area contributed by atoms with E-state index in [9.17, 15) is 19.5 Å². The highest BCUT2D eigenvalue weighted by Crippen LogP contribution is 2.43. The van der Waals surface area contributed by atoms with Crippen molar-refractivity contribution in [1.29, 1.82) is 0 Å². The van der Waals surface area contributed by atoms with Gasteiger partial charge in [0.15, 0.2) is 23.0 Å². The number of phenols is 1. The summed E-state index contributed by atoms with van der Waals surface area (Å²) in [6.45, 7) is 4.46. The van der Waals surface area contributed by atoms with Crippen LogP contribution in [0.25, 0.3) is 0 Å². The van der Waals surface area contributed by atoms with Gasteiger partial charge in [0.2, 0.25) is 5.78 Å². The monoisotopic (exact) mass is 318 g/mol. The molecule has 0 radical (unpaired) electrons. The average Bonchev–Trinajstić information content (AvgIpc) is 2.49. The van der Waals surface area contributed by atoms with Gasteiger partial charge < -0.3 is 14.6 Å². The van der Waals surface area contributed by atoms with Gasteiger partial charge in [-0.2, -0.15) is 0 Å². The summed E-state index contributed by atoms with van der Waals surface area (Å²) < 4.78 is 10.1. The van der Waals surface area contributed by atoms with Crippen molar-refractivity contribution >= 4 is 17.3 Å². The first-order valence-corrected chi connectivity index (χ1v) is 6.97. The van der Waals surface area contributed by atoms with E-state index in [1.807, 2.05) is 0 Å². The second-order valence-corrected chi connectivity index (χ2v) is 5.79. The summed E-state index contributed by atoms with van der Waals surface area (Å²) in [5, 5.41) is 10.2. The van der Waals surface area contributed by atoms with E-state index in [-0.39, 0.29) is 34.0 Å². The second kappa shape index (κ2) is 5.53. The molecule has 1 aliphatic carbocycles. The van der Waals surface area contributed by atoms with Gasteiger partial charge in [0.05, 0.1) is 30.8 Å². The molecule has 0 heterocycles. The topological polar surface area (TPSA) is 89.9 Å². The predicted molar refractivity (Wildman–Crippen MR) is 81.8 cm³/mol. The zero-order chi connectivity index (χ0) is 17.5. The van der Waals surface area contributed by atoms with Gasteiger partial charge in [0, 0.05) is 5.56 Å². The van der Waals surface area contributed by atoms with Crippen molar-refractivity contribution in [2.45, 2.75) is 20.8 Å². The van der Waals surface area contributed by atoms with Crippen molar-refractivity contribution in [2.75, 3.05) is 14.2 Å². The van der Waals surface area contributed by atoms with Gasteiger partial charge in [0.1, 0.15) is 5.78 Å². The quantitative estimate of drug-likeness (QED) is 0.916. The number of carbonyl (C=O) groups excluding carboxylic acids is 3. The number of phenolic OH excluding ortho intramolecular Hbond substituents is 1. The number of carbonyl (C=O) groups is 3. The Labute approximate surface area is 133 Å². The number of rotatable bonds is 4. The first-order valence-electron chi connectivity index (χ1n) is 6.97. The minimum atomic E-state index is -1.19. The molecule has 1 aromatic rings. The number of fused-ring (bicyclic) bond motifs is 1. The highest BCUT2D eigenvalue weighted by Gasteiger charge is 2.44. The predicted octanol–water partition coefficient (Wildman–Crippen LogP) is 2.30. The summed E-state index contributed by atoms with van der Waals surface area (Å²) in [5.74, 6) is -2.01. The lowest BCUT2D eigenvalue weighted by Gasteiger charge is -2.30. The Morgan fingerprint density at radius 2 is 1.70 bits per heavy atom.